The predicted octanol–water partition coefficient (Wildman–Crippen LogP) is 3.22. The van der Waals surface area contributed by atoms with E-state index in [2.05, 4.69) is 5.32 Å². The second kappa shape index (κ2) is 6.81. The molecule has 0 saturated carbocycles. The minimum atomic E-state index is -0.681. The van der Waals surface area contributed by atoms with E-state index in [1.165, 1.54) is 11.3 Å². The molecule has 0 fully saturated rings. The van der Waals surface area contributed by atoms with Gasteiger partial charge in [-0.15, -0.1) is 0 Å². The first kappa shape index (κ1) is 15.5. The first-order valence-corrected chi connectivity index (χ1v) is 8.30. The number of aromatic nitrogens is 1. The lowest BCUT2D eigenvalue weighted by Gasteiger charge is -2.12. The maximum atomic E-state index is 12.3. The van der Waals surface area contributed by atoms with Crippen LogP contribution in [0.1, 0.15) is 22.2 Å². The van der Waals surface area contributed by atoms with E-state index in [0.717, 1.165) is 16.8 Å². The Hall–Kier alpha value is -2.37. The molecule has 0 spiro atoms. The van der Waals surface area contributed by atoms with Gasteiger partial charge in [0.2, 0.25) is 0 Å². The van der Waals surface area contributed by atoms with E-state index in [1.807, 2.05) is 64.8 Å². The third-order valence-corrected chi connectivity index (χ3v) is 4.51. The van der Waals surface area contributed by atoms with Crippen LogP contribution in [0.25, 0.3) is 11.3 Å². The van der Waals surface area contributed by atoms with Crippen LogP contribution in [-0.4, -0.2) is 22.1 Å². The second-order valence-electron chi connectivity index (χ2n) is 5.31. The standard InChI is InChI=1S/C18H18N2O2S/c1-20-15(13-5-3-2-4-6-13)7-8-16(20)18(22)19-11-17(21)14-9-10-23-12-14/h2-10,12,17,21H,11H2,1H3,(H,19,22). The van der Waals surface area contributed by atoms with Gasteiger partial charge in [-0.3, -0.25) is 4.79 Å². The van der Waals surface area contributed by atoms with Crippen LogP contribution in [0.3, 0.4) is 0 Å². The number of nitrogens with zero attached hydrogens (tertiary/aromatic N) is 1. The van der Waals surface area contributed by atoms with Crippen molar-refractivity contribution in [1.82, 2.24) is 9.88 Å². The number of carbonyl (C=O) groups is 1. The average Bonchev–Trinajstić information content (AvgIpc) is 3.23. The lowest BCUT2D eigenvalue weighted by molar-refractivity contribution is 0.0908. The van der Waals surface area contributed by atoms with Gasteiger partial charge in [0.05, 0.1) is 6.10 Å². The number of hydrogen-bond donors (Lipinski definition) is 2. The average molecular weight is 326 g/mol. The first-order chi connectivity index (χ1) is 11.2. The molecule has 0 aliphatic rings. The van der Waals surface area contributed by atoms with Crippen LogP contribution in [0.4, 0.5) is 0 Å². The zero-order chi connectivity index (χ0) is 16.2. The molecule has 5 heteroatoms. The molecule has 1 amide bonds. The molecule has 1 atom stereocenters. The van der Waals surface area contributed by atoms with E-state index in [-0.39, 0.29) is 12.5 Å². The maximum Gasteiger partial charge on any atom is 0.268 e. The normalized spacial score (nSPS) is 12.1. The predicted molar refractivity (Wildman–Crippen MR) is 92.5 cm³/mol. The molecular formula is C18H18N2O2S. The molecule has 118 valence electrons. The summed E-state index contributed by atoms with van der Waals surface area (Å²) in [6.07, 6.45) is -0.681. The van der Waals surface area contributed by atoms with Gasteiger partial charge in [-0.2, -0.15) is 11.3 Å². The van der Waals surface area contributed by atoms with Gasteiger partial charge in [0.15, 0.2) is 0 Å². The van der Waals surface area contributed by atoms with Gasteiger partial charge in [-0.1, -0.05) is 30.3 Å². The van der Waals surface area contributed by atoms with Crippen molar-refractivity contribution in [2.45, 2.75) is 6.10 Å². The Balaban J connectivity index is 1.70. The van der Waals surface area contributed by atoms with Crippen molar-refractivity contribution >= 4 is 17.2 Å². The van der Waals surface area contributed by atoms with Gasteiger partial charge in [0.1, 0.15) is 5.69 Å². The lowest BCUT2D eigenvalue weighted by Crippen LogP contribution is -2.29. The first-order valence-electron chi connectivity index (χ1n) is 7.36. The number of aliphatic hydroxyl groups excluding tert-OH is 1. The van der Waals surface area contributed by atoms with Crippen molar-refractivity contribution in [3.8, 4) is 11.3 Å². The molecule has 23 heavy (non-hydrogen) atoms. The van der Waals surface area contributed by atoms with Crippen LogP contribution >= 0.6 is 11.3 Å². The van der Waals surface area contributed by atoms with Gasteiger partial charge < -0.3 is 15.0 Å². The largest absolute Gasteiger partial charge is 0.387 e. The van der Waals surface area contributed by atoms with Crippen molar-refractivity contribution in [2.75, 3.05) is 6.54 Å². The van der Waals surface area contributed by atoms with Crippen LogP contribution in [0.2, 0.25) is 0 Å². The summed E-state index contributed by atoms with van der Waals surface area (Å²) in [7, 11) is 1.87. The molecule has 0 aliphatic carbocycles. The van der Waals surface area contributed by atoms with Crippen molar-refractivity contribution in [3.05, 3.63) is 70.5 Å². The fraction of sp³-hybridized carbons (Fsp3) is 0.167. The molecule has 0 bridgehead atoms. The van der Waals surface area contributed by atoms with Crippen molar-refractivity contribution in [3.63, 3.8) is 0 Å². The van der Waals surface area contributed by atoms with E-state index in [4.69, 9.17) is 0 Å². The minimum Gasteiger partial charge on any atom is -0.387 e. The zero-order valence-electron chi connectivity index (χ0n) is 12.8. The van der Waals surface area contributed by atoms with Gasteiger partial charge in [-0.25, -0.2) is 0 Å². The highest BCUT2D eigenvalue weighted by atomic mass is 32.1. The van der Waals surface area contributed by atoms with Crippen molar-refractivity contribution in [2.24, 2.45) is 7.05 Å². The molecule has 4 nitrogen and oxygen atoms in total. The maximum absolute atomic E-state index is 12.3. The van der Waals surface area contributed by atoms with E-state index in [1.54, 1.807) is 6.07 Å². The SMILES string of the molecule is Cn1c(C(=O)NCC(O)c2ccsc2)ccc1-c1ccccc1. The Morgan fingerprint density at radius 1 is 1.22 bits per heavy atom. The highest BCUT2D eigenvalue weighted by Crippen LogP contribution is 2.21. The summed E-state index contributed by atoms with van der Waals surface area (Å²) in [6, 6.07) is 15.5. The van der Waals surface area contributed by atoms with Crippen LogP contribution in [0.5, 0.6) is 0 Å². The number of hydrogen-bond acceptors (Lipinski definition) is 3. The van der Waals surface area contributed by atoms with Gasteiger partial charge in [-0.05, 0) is 40.1 Å². The third-order valence-electron chi connectivity index (χ3n) is 3.81. The smallest absolute Gasteiger partial charge is 0.268 e. The number of amides is 1. The summed E-state index contributed by atoms with van der Waals surface area (Å²) >= 11 is 1.53. The summed E-state index contributed by atoms with van der Waals surface area (Å²) in [5, 5.41) is 16.6. The lowest BCUT2D eigenvalue weighted by atomic mass is 10.2. The molecule has 1 unspecified atom stereocenters. The minimum absolute atomic E-state index is 0.191. The molecule has 2 heterocycles. The highest BCUT2D eigenvalue weighted by Gasteiger charge is 2.15. The summed E-state index contributed by atoms with van der Waals surface area (Å²) in [4.78, 5) is 12.3. The van der Waals surface area contributed by atoms with E-state index in [9.17, 15) is 9.90 Å². The number of nitrogens with one attached hydrogen (secondary N) is 1. The van der Waals surface area contributed by atoms with Crippen molar-refractivity contribution < 1.29 is 9.90 Å². The summed E-state index contributed by atoms with van der Waals surface area (Å²) < 4.78 is 1.86. The molecule has 2 aromatic heterocycles. The molecule has 2 N–H and O–H groups in total. The number of rotatable bonds is 5. The Bertz CT molecular complexity index is 779. The second-order valence-corrected chi connectivity index (χ2v) is 6.09. The molecule has 3 aromatic rings. The topological polar surface area (TPSA) is 54.3 Å². The van der Waals surface area contributed by atoms with Crippen LogP contribution in [0.15, 0.2) is 59.3 Å². The van der Waals surface area contributed by atoms with E-state index in [0.29, 0.717) is 5.69 Å². The van der Waals surface area contributed by atoms with Gasteiger partial charge >= 0.3 is 0 Å². The Morgan fingerprint density at radius 3 is 2.70 bits per heavy atom. The van der Waals surface area contributed by atoms with Crippen LogP contribution in [-0.2, 0) is 7.05 Å². The summed E-state index contributed by atoms with van der Waals surface area (Å²) in [5.41, 5.74) is 3.44. The molecule has 1 aromatic carbocycles. The number of thiophene rings is 1. The van der Waals surface area contributed by atoms with E-state index >= 15 is 0 Å². The Kier molecular flexibility index (Phi) is 4.60. The molecule has 0 saturated heterocycles. The van der Waals surface area contributed by atoms with E-state index < -0.39 is 6.10 Å². The number of aliphatic hydroxyl groups is 1. The molecule has 0 aliphatic heterocycles. The highest BCUT2D eigenvalue weighted by molar-refractivity contribution is 7.07. The monoisotopic (exact) mass is 326 g/mol. The molecular weight excluding hydrogens is 308 g/mol. The molecule has 3 rings (SSSR count). The van der Waals surface area contributed by atoms with Crippen LogP contribution in [0, 0.1) is 0 Å². The van der Waals surface area contributed by atoms with Crippen LogP contribution < -0.4 is 5.32 Å². The zero-order valence-corrected chi connectivity index (χ0v) is 13.6. The number of carbonyl (C=O) groups excluding carboxylic acids is 1. The summed E-state index contributed by atoms with van der Waals surface area (Å²) in [5.74, 6) is -0.191. The number of benzene rings is 1. The fourth-order valence-electron chi connectivity index (χ4n) is 2.50. The Morgan fingerprint density at radius 2 is 2.00 bits per heavy atom. The Labute approximate surface area is 139 Å². The van der Waals surface area contributed by atoms with Gasteiger partial charge in [0.25, 0.3) is 5.91 Å². The van der Waals surface area contributed by atoms with Gasteiger partial charge in [0, 0.05) is 19.3 Å². The summed E-state index contributed by atoms with van der Waals surface area (Å²) in [6.45, 7) is 0.196. The quantitative estimate of drug-likeness (QED) is 0.756. The fourth-order valence-corrected chi connectivity index (χ4v) is 3.21. The third kappa shape index (κ3) is 3.36. The van der Waals surface area contributed by atoms with Crippen molar-refractivity contribution in [1.29, 1.82) is 0 Å². The molecule has 0 radical (unpaired) electrons.